The zero-order valence-electron chi connectivity index (χ0n) is 14.7. The molecule has 2 aromatic rings. The molecule has 134 valence electrons. The standard InChI is InChI=1S/C11H14OS.C10H11FS/c1-12-10-6-5-9-4-2-3-7-13-11(9)8-10;11-9-5-4-8-3-1-2-6-12-10(8)7-9/h5-6,8H,2-4,7H2,1H3;4-5,7H,1-3,6H2. The first-order valence-electron chi connectivity index (χ1n) is 8.97. The van der Waals surface area contributed by atoms with E-state index in [1.165, 1.54) is 53.9 Å². The van der Waals surface area contributed by atoms with Crippen molar-refractivity contribution in [1.29, 1.82) is 0 Å². The van der Waals surface area contributed by atoms with Crippen LogP contribution in [0, 0.1) is 5.82 Å². The van der Waals surface area contributed by atoms with Crippen molar-refractivity contribution < 1.29 is 9.13 Å². The van der Waals surface area contributed by atoms with Gasteiger partial charge >= 0.3 is 0 Å². The van der Waals surface area contributed by atoms with Gasteiger partial charge in [0.25, 0.3) is 0 Å². The molecular formula is C21H25FOS2. The Hall–Kier alpha value is -1.13. The molecule has 0 bridgehead atoms. The van der Waals surface area contributed by atoms with Crippen LogP contribution in [0.5, 0.6) is 5.75 Å². The summed E-state index contributed by atoms with van der Waals surface area (Å²) in [6.07, 6.45) is 7.50. The van der Waals surface area contributed by atoms with Crippen LogP contribution in [-0.2, 0) is 12.8 Å². The van der Waals surface area contributed by atoms with E-state index in [9.17, 15) is 4.39 Å². The third-order valence-corrected chi connectivity index (χ3v) is 6.87. The van der Waals surface area contributed by atoms with E-state index < -0.39 is 0 Å². The maximum atomic E-state index is 12.8. The van der Waals surface area contributed by atoms with Gasteiger partial charge in [0, 0.05) is 9.79 Å². The van der Waals surface area contributed by atoms with Crippen molar-refractivity contribution in [3.05, 3.63) is 53.3 Å². The van der Waals surface area contributed by atoms with E-state index in [1.807, 2.05) is 17.8 Å². The molecular weight excluding hydrogens is 351 g/mol. The molecule has 0 spiro atoms. The van der Waals surface area contributed by atoms with Crippen LogP contribution in [0.3, 0.4) is 0 Å². The maximum Gasteiger partial charge on any atom is 0.124 e. The molecule has 4 rings (SSSR count). The van der Waals surface area contributed by atoms with E-state index in [2.05, 4.69) is 18.2 Å². The van der Waals surface area contributed by atoms with Crippen LogP contribution in [0.1, 0.15) is 36.8 Å². The third-order valence-electron chi connectivity index (χ3n) is 4.50. The predicted molar refractivity (Wildman–Crippen MR) is 107 cm³/mol. The van der Waals surface area contributed by atoms with Gasteiger partial charge in [0.15, 0.2) is 0 Å². The number of hydrogen-bond acceptors (Lipinski definition) is 3. The summed E-state index contributed by atoms with van der Waals surface area (Å²) in [5.74, 6) is 3.26. The molecule has 0 aromatic heterocycles. The number of ether oxygens (including phenoxy) is 1. The number of fused-ring (bicyclic) bond motifs is 2. The number of halogens is 1. The van der Waals surface area contributed by atoms with Crippen molar-refractivity contribution in [3.8, 4) is 5.75 Å². The minimum absolute atomic E-state index is 0.108. The lowest BCUT2D eigenvalue weighted by atomic mass is 10.1. The fourth-order valence-electron chi connectivity index (χ4n) is 3.07. The van der Waals surface area contributed by atoms with E-state index in [0.29, 0.717) is 0 Å². The highest BCUT2D eigenvalue weighted by Gasteiger charge is 2.09. The number of aryl methyl sites for hydroxylation is 2. The molecule has 1 nitrogen and oxygen atoms in total. The lowest BCUT2D eigenvalue weighted by Crippen LogP contribution is -1.88. The Balaban J connectivity index is 0.000000146. The predicted octanol–water partition coefficient (Wildman–Crippen LogP) is 6.38. The van der Waals surface area contributed by atoms with Crippen LogP contribution in [0.2, 0.25) is 0 Å². The Labute approximate surface area is 158 Å². The highest BCUT2D eigenvalue weighted by atomic mass is 32.2. The second kappa shape index (κ2) is 9.54. The first-order valence-corrected chi connectivity index (χ1v) is 10.9. The van der Waals surface area contributed by atoms with Crippen molar-refractivity contribution in [2.24, 2.45) is 0 Å². The Kier molecular flexibility index (Phi) is 7.12. The molecule has 25 heavy (non-hydrogen) atoms. The minimum Gasteiger partial charge on any atom is -0.497 e. The van der Waals surface area contributed by atoms with Crippen molar-refractivity contribution in [2.75, 3.05) is 18.6 Å². The fourth-order valence-corrected chi connectivity index (χ4v) is 5.31. The van der Waals surface area contributed by atoms with Crippen LogP contribution >= 0.6 is 23.5 Å². The first kappa shape index (κ1) is 18.7. The van der Waals surface area contributed by atoms with Gasteiger partial charge in [0.1, 0.15) is 11.6 Å². The van der Waals surface area contributed by atoms with Gasteiger partial charge in [-0.05, 0) is 85.4 Å². The smallest absolute Gasteiger partial charge is 0.124 e. The summed E-state index contributed by atoms with van der Waals surface area (Å²) in [4.78, 5) is 2.56. The van der Waals surface area contributed by atoms with Gasteiger partial charge in [-0.2, -0.15) is 0 Å². The number of thioether (sulfide) groups is 2. The second-order valence-corrected chi connectivity index (χ2v) is 8.61. The van der Waals surface area contributed by atoms with Crippen LogP contribution in [0.15, 0.2) is 46.2 Å². The average molecular weight is 377 g/mol. The number of rotatable bonds is 1. The molecule has 0 unspecified atom stereocenters. The summed E-state index contributed by atoms with van der Waals surface area (Å²) in [5.41, 5.74) is 2.81. The average Bonchev–Trinajstić information content (AvgIpc) is 3.01. The van der Waals surface area contributed by atoms with E-state index in [-0.39, 0.29) is 5.82 Å². The normalized spacial score (nSPS) is 16.4. The van der Waals surface area contributed by atoms with Crippen molar-refractivity contribution in [1.82, 2.24) is 0 Å². The molecule has 0 N–H and O–H groups in total. The van der Waals surface area contributed by atoms with Crippen molar-refractivity contribution >= 4 is 23.5 Å². The van der Waals surface area contributed by atoms with E-state index in [1.54, 1.807) is 31.0 Å². The van der Waals surface area contributed by atoms with Gasteiger partial charge in [-0.25, -0.2) is 4.39 Å². The number of methoxy groups -OCH3 is 1. The zero-order chi connectivity index (χ0) is 17.5. The van der Waals surface area contributed by atoms with E-state index >= 15 is 0 Å². The Bertz CT molecular complexity index is 702. The molecule has 0 aliphatic carbocycles. The quantitative estimate of drug-likeness (QED) is 0.572. The van der Waals surface area contributed by atoms with Gasteiger partial charge in [0.05, 0.1) is 7.11 Å². The largest absolute Gasteiger partial charge is 0.497 e. The van der Waals surface area contributed by atoms with Gasteiger partial charge in [-0.3, -0.25) is 0 Å². The molecule has 0 amide bonds. The Morgan fingerprint density at radius 1 is 0.800 bits per heavy atom. The highest BCUT2D eigenvalue weighted by molar-refractivity contribution is 7.99. The van der Waals surface area contributed by atoms with Crippen LogP contribution in [-0.4, -0.2) is 18.6 Å². The van der Waals surface area contributed by atoms with Crippen LogP contribution in [0.25, 0.3) is 0 Å². The molecule has 0 saturated heterocycles. The van der Waals surface area contributed by atoms with Crippen LogP contribution in [0.4, 0.5) is 4.39 Å². The second-order valence-electron chi connectivity index (χ2n) is 6.34. The molecule has 4 heteroatoms. The SMILES string of the molecule is COc1ccc2c(c1)SCCCC2.Fc1ccc2c(c1)SCCCC2. The summed E-state index contributed by atoms with van der Waals surface area (Å²) in [6.45, 7) is 0. The summed E-state index contributed by atoms with van der Waals surface area (Å²) >= 11 is 3.74. The van der Waals surface area contributed by atoms with Crippen molar-refractivity contribution in [2.45, 2.75) is 48.3 Å². The third kappa shape index (κ3) is 5.42. The number of benzene rings is 2. The first-order chi connectivity index (χ1) is 12.3. The molecule has 2 aliphatic heterocycles. The van der Waals surface area contributed by atoms with Gasteiger partial charge in [0.2, 0.25) is 0 Å². The maximum absolute atomic E-state index is 12.8. The van der Waals surface area contributed by atoms with Gasteiger partial charge < -0.3 is 4.74 Å². The molecule has 2 heterocycles. The van der Waals surface area contributed by atoms with Crippen molar-refractivity contribution in [3.63, 3.8) is 0 Å². The summed E-state index contributed by atoms with van der Waals surface area (Å²) in [5, 5.41) is 0. The summed E-state index contributed by atoms with van der Waals surface area (Å²) < 4.78 is 18.0. The lowest BCUT2D eigenvalue weighted by molar-refractivity contribution is 0.413. The van der Waals surface area contributed by atoms with Gasteiger partial charge in [-0.15, -0.1) is 23.5 Å². The molecule has 0 fully saturated rings. The molecule has 2 aliphatic rings. The molecule has 0 saturated carbocycles. The summed E-state index contributed by atoms with van der Waals surface area (Å²) in [7, 11) is 1.73. The molecule has 2 aromatic carbocycles. The zero-order valence-corrected chi connectivity index (χ0v) is 16.4. The topological polar surface area (TPSA) is 9.23 Å². The monoisotopic (exact) mass is 376 g/mol. The van der Waals surface area contributed by atoms with E-state index in [0.717, 1.165) is 22.8 Å². The highest BCUT2D eigenvalue weighted by Crippen LogP contribution is 2.32. The Morgan fingerprint density at radius 3 is 2.04 bits per heavy atom. The van der Waals surface area contributed by atoms with Crippen LogP contribution < -0.4 is 4.74 Å². The summed E-state index contributed by atoms with van der Waals surface area (Å²) in [6, 6.07) is 11.6. The minimum atomic E-state index is -0.108. The van der Waals surface area contributed by atoms with E-state index in [4.69, 9.17) is 4.74 Å². The lowest BCUT2D eigenvalue weighted by Gasteiger charge is -2.06. The Morgan fingerprint density at radius 2 is 1.40 bits per heavy atom. The fraction of sp³-hybridized carbons (Fsp3) is 0.429. The number of hydrogen-bond donors (Lipinski definition) is 0. The molecule has 0 radical (unpaired) electrons. The van der Waals surface area contributed by atoms with Gasteiger partial charge in [-0.1, -0.05) is 12.1 Å². The molecule has 0 atom stereocenters.